The van der Waals surface area contributed by atoms with Crippen LogP contribution < -0.4 is 11.1 Å². The van der Waals surface area contributed by atoms with Gasteiger partial charge in [-0.3, -0.25) is 4.79 Å². The van der Waals surface area contributed by atoms with Crippen molar-refractivity contribution >= 4 is 34.8 Å². The van der Waals surface area contributed by atoms with Crippen LogP contribution in [0.25, 0.3) is 0 Å². The number of nitrogens with two attached hydrogens (primary N) is 1. The van der Waals surface area contributed by atoms with E-state index in [4.69, 9.17) is 28.9 Å². The van der Waals surface area contributed by atoms with Gasteiger partial charge in [-0.25, -0.2) is 0 Å². The van der Waals surface area contributed by atoms with E-state index in [2.05, 4.69) is 12.2 Å². The summed E-state index contributed by atoms with van der Waals surface area (Å²) in [6.45, 7) is 2.14. The Labute approximate surface area is 117 Å². The second-order valence-electron chi connectivity index (χ2n) is 4.73. The van der Waals surface area contributed by atoms with Crippen LogP contribution in [0.4, 0.5) is 5.69 Å². The molecule has 1 aromatic carbocycles. The normalized spacial score (nSPS) is 21.7. The van der Waals surface area contributed by atoms with Gasteiger partial charge >= 0.3 is 0 Å². The van der Waals surface area contributed by atoms with Crippen LogP contribution in [0.5, 0.6) is 0 Å². The Kier molecular flexibility index (Phi) is 4.03. The molecule has 0 spiro atoms. The summed E-state index contributed by atoms with van der Waals surface area (Å²) in [5.74, 6) is 0.409. The van der Waals surface area contributed by atoms with Crippen LogP contribution in [0.15, 0.2) is 12.1 Å². The number of nitrogen functional groups attached to an aromatic ring is 1. The number of halogens is 2. The van der Waals surface area contributed by atoms with E-state index in [1.165, 1.54) is 6.07 Å². The minimum atomic E-state index is -0.196. The lowest BCUT2D eigenvalue weighted by atomic mass is 10.2. The van der Waals surface area contributed by atoms with Gasteiger partial charge in [-0.1, -0.05) is 36.5 Å². The van der Waals surface area contributed by atoms with Gasteiger partial charge in [0, 0.05) is 11.7 Å². The van der Waals surface area contributed by atoms with Crippen molar-refractivity contribution in [3.05, 3.63) is 27.7 Å². The highest BCUT2D eigenvalue weighted by Crippen LogP contribution is 2.35. The summed E-state index contributed by atoms with van der Waals surface area (Å²) in [4.78, 5) is 12.1. The van der Waals surface area contributed by atoms with Gasteiger partial charge in [0.1, 0.15) is 0 Å². The molecule has 0 radical (unpaired) electrons. The summed E-state index contributed by atoms with van der Waals surface area (Å²) in [5, 5.41) is 3.53. The molecule has 18 heavy (non-hydrogen) atoms. The van der Waals surface area contributed by atoms with Crippen molar-refractivity contribution in [2.45, 2.75) is 32.2 Å². The zero-order valence-electron chi connectivity index (χ0n) is 10.2. The van der Waals surface area contributed by atoms with Crippen LogP contribution in [0.3, 0.4) is 0 Å². The minimum Gasteiger partial charge on any atom is -0.399 e. The van der Waals surface area contributed by atoms with E-state index in [0.29, 0.717) is 22.2 Å². The molecule has 1 saturated carbocycles. The Morgan fingerprint density at radius 2 is 2.22 bits per heavy atom. The molecule has 1 aromatic rings. The largest absolute Gasteiger partial charge is 0.399 e. The van der Waals surface area contributed by atoms with Crippen molar-refractivity contribution in [2.24, 2.45) is 5.92 Å². The molecular weight excluding hydrogens is 271 g/mol. The number of carbonyl (C=O) groups excluding carboxylic acids is 1. The van der Waals surface area contributed by atoms with E-state index in [1.54, 1.807) is 6.07 Å². The minimum absolute atomic E-state index is 0.196. The van der Waals surface area contributed by atoms with Crippen LogP contribution in [0, 0.1) is 5.92 Å². The quantitative estimate of drug-likeness (QED) is 0.833. The molecule has 3 N–H and O–H groups in total. The number of amides is 1. The van der Waals surface area contributed by atoms with Crippen molar-refractivity contribution in [1.82, 2.24) is 5.32 Å². The van der Waals surface area contributed by atoms with E-state index >= 15 is 0 Å². The number of anilines is 1. The number of benzene rings is 1. The third-order valence-electron chi connectivity index (χ3n) is 3.19. The summed E-state index contributed by atoms with van der Waals surface area (Å²) < 4.78 is 0. The van der Waals surface area contributed by atoms with E-state index < -0.39 is 0 Å². The first kappa shape index (κ1) is 13.5. The van der Waals surface area contributed by atoms with Crippen molar-refractivity contribution in [3.63, 3.8) is 0 Å². The Morgan fingerprint density at radius 3 is 2.89 bits per heavy atom. The Hall–Kier alpha value is -0.930. The number of nitrogens with one attached hydrogen (secondary N) is 1. The highest BCUT2D eigenvalue weighted by atomic mass is 35.5. The van der Waals surface area contributed by atoms with Gasteiger partial charge in [-0.05, 0) is 30.9 Å². The first-order valence-electron chi connectivity index (χ1n) is 6.08. The van der Waals surface area contributed by atoms with E-state index in [-0.39, 0.29) is 17.0 Å². The van der Waals surface area contributed by atoms with Gasteiger partial charge in [-0.2, -0.15) is 0 Å². The summed E-state index contributed by atoms with van der Waals surface area (Å²) in [7, 11) is 0. The van der Waals surface area contributed by atoms with Gasteiger partial charge < -0.3 is 11.1 Å². The molecule has 3 nitrogen and oxygen atoms in total. The molecule has 2 atom stereocenters. The highest BCUT2D eigenvalue weighted by molar-refractivity contribution is 6.44. The smallest absolute Gasteiger partial charge is 0.253 e. The molecule has 0 bridgehead atoms. The first-order chi connectivity index (χ1) is 8.52. The van der Waals surface area contributed by atoms with Crippen LogP contribution >= 0.6 is 23.2 Å². The number of hydrogen-bond donors (Lipinski definition) is 2. The zero-order chi connectivity index (χ0) is 13.3. The SMILES string of the molecule is CCCC1CC1NC(=O)c1cc(N)cc(Cl)c1Cl. The van der Waals surface area contributed by atoms with Crippen molar-refractivity contribution in [1.29, 1.82) is 0 Å². The van der Waals surface area contributed by atoms with Gasteiger partial charge in [0.2, 0.25) is 0 Å². The van der Waals surface area contributed by atoms with Gasteiger partial charge in [0.05, 0.1) is 15.6 Å². The predicted octanol–water partition coefficient (Wildman–Crippen LogP) is 3.49. The Bertz CT molecular complexity index is 476. The lowest BCUT2D eigenvalue weighted by Gasteiger charge is -2.08. The fourth-order valence-electron chi connectivity index (χ4n) is 2.14. The molecule has 2 unspecified atom stereocenters. The monoisotopic (exact) mass is 286 g/mol. The molecule has 1 aliphatic rings. The fourth-order valence-corrected chi connectivity index (χ4v) is 2.56. The molecular formula is C13H16Cl2N2O. The van der Waals surface area contributed by atoms with Crippen LogP contribution in [-0.2, 0) is 0 Å². The lowest BCUT2D eigenvalue weighted by Crippen LogP contribution is -2.27. The Morgan fingerprint density at radius 1 is 1.50 bits per heavy atom. The molecule has 0 heterocycles. The van der Waals surface area contributed by atoms with E-state index in [1.807, 2.05) is 0 Å². The summed E-state index contributed by atoms with van der Waals surface area (Å²) >= 11 is 11.9. The van der Waals surface area contributed by atoms with Crippen LogP contribution in [-0.4, -0.2) is 11.9 Å². The predicted molar refractivity (Wildman–Crippen MR) is 75.1 cm³/mol. The zero-order valence-corrected chi connectivity index (χ0v) is 11.7. The molecule has 98 valence electrons. The van der Waals surface area contributed by atoms with E-state index in [0.717, 1.165) is 19.3 Å². The maximum absolute atomic E-state index is 12.1. The molecule has 0 aliphatic heterocycles. The van der Waals surface area contributed by atoms with Crippen LogP contribution in [0.1, 0.15) is 36.5 Å². The molecule has 1 aliphatic carbocycles. The Balaban J connectivity index is 2.06. The van der Waals surface area contributed by atoms with Crippen molar-refractivity contribution < 1.29 is 4.79 Å². The molecule has 2 rings (SSSR count). The third kappa shape index (κ3) is 2.90. The lowest BCUT2D eigenvalue weighted by molar-refractivity contribution is 0.0949. The van der Waals surface area contributed by atoms with Crippen molar-refractivity contribution in [3.8, 4) is 0 Å². The average Bonchev–Trinajstić information content (AvgIpc) is 3.02. The summed E-state index contributed by atoms with van der Waals surface area (Å²) in [5.41, 5.74) is 6.46. The number of hydrogen-bond acceptors (Lipinski definition) is 2. The second-order valence-corrected chi connectivity index (χ2v) is 5.51. The topological polar surface area (TPSA) is 55.1 Å². The number of rotatable bonds is 4. The second kappa shape index (κ2) is 5.37. The number of carbonyl (C=O) groups is 1. The molecule has 1 fully saturated rings. The van der Waals surface area contributed by atoms with E-state index in [9.17, 15) is 4.79 Å². The maximum atomic E-state index is 12.1. The molecule has 5 heteroatoms. The van der Waals surface area contributed by atoms with Crippen molar-refractivity contribution in [2.75, 3.05) is 5.73 Å². The molecule has 1 amide bonds. The van der Waals surface area contributed by atoms with Gasteiger partial charge in [-0.15, -0.1) is 0 Å². The summed E-state index contributed by atoms with van der Waals surface area (Å²) in [6, 6.07) is 3.37. The summed E-state index contributed by atoms with van der Waals surface area (Å²) in [6.07, 6.45) is 3.34. The average molecular weight is 287 g/mol. The fraction of sp³-hybridized carbons (Fsp3) is 0.462. The molecule has 0 saturated heterocycles. The first-order valence-corrected chi connectivity index (χ1v) is 6.84. The van der Waals surface area contributed by atoms with Crippen LogP contribution in [0.2, 0.25) is 10.0 Å². The maximum Gasteiger partial charge on any atom is 0.253 e. The standard InChI is InChI=1S/C13H16Cl2N2O/c1-2-3-7-4-11(7)17-13(18)9-5-8(16)6-10(14)12(9)15/h5-7,11H,2-4,16H2,1H3,(H,17,18). The third-order valence-corrected chi connectivity index (χ3v) is 4.00. The molecule has 0 aromatic heterocycles. The van der Waals surface area contributed by atoms with Gasteiger partial charge in [0.25, 0.3) is 5.91 Å². The highest BCUT2D eigenvalue weighted by Gasteiger charge is 2.37. The van der Waals surface area contributed by atoms with Gasteiger partial charge in [0.15, 0.2) is 0 Å².